The standard InChI is InChI=1S/C11H14ClNO3/c1-6-4-7(5-8(12)11(6)16)9(13)2-3-10(14)15/h4-5,9,16H,2-3,13H2,1H3,(H,14,15). The zero-order valence-corrected chi connectivity index (χ0v) is 9.66. The van der Waals surface area contributed by atoms with E-state index in [1.54, 1.807) is 19.1 Å². The highest BCUT2D eigenvalue weighted by Gasteiger charge is 2.12. The zero-order valence-electron chi connectivity index (χ0n) is 8.90. The second-order valence-corrected chi connectivity index (χ2v) is 4.11. The molecular formula is C11H14ClNO3. The predicted molar refractivity (Wildman–Crippen MR) is 61.7 cm³/mol. The number of aryl methyl sites for hydroxylation is 1. The minimum absolute atomic E-state index is 0.0126. The largest absolute Gasteiger partial charge is 0.506 e. The quantitative estimate of drug-likeness (QED) is 0.757. The molecular weight excluding hydrogens is 230 g/mol. The van der Waals surface area contributed by atoms with Gasteiger partial charge in [0.05, 0.1) is 5.02 Å². The van der Waals surface area contributed by atoms with Crippen LogP contribution < -0.4 is 5.73 Å². The number of hydrogen-bond donors (Lipinski definition) is 3. The van der Waals surface area contributed by atoms with Crippen LogP contribution in [0.2, 0.25) is 5.02 Å². The second-order valence-electron chi connectivity index (χ2n) is 3.71. The fraction of sp³-hybridized carbons (Fsp3) is 0.364. The number of phenolic OH excluding ortho intramolecular Hbond substituents is 1. The van der Waals surface area contributed by atoms with Gasteiger partial charge in [0.1, 0.15) is 5.75 Å². The van der Waals surface area contributed by atoms with Crippen molar-refractivity contribution in [2.45, 2.75) is 25.8 Å². The lowest BCUT2D eigenvalue weighted by Gasteiger charge is -2.13. The van der Waals surface area contributed by atoms with Gasteiger partial charge in [-0.3, -0.25) is 4.79 Å². The molecule has 0 aliphatic carbocycles. The molecule has 4 N–H and O–H groups in total. The number of carboxylic acid groups (broad SMARTS) is 1. The van der Waals surface area contributed by atoms with Crippen LogP contribution in [0.4, 0.5) is 0 Å². The van der Waals surface area contributed by atoms with Gasteiger partial charge in [-0.1, -0.05) is 17.7 Å². The number of phenols is 1. The topological polar surface area (TPSA) is 83.6 Å². The smallest absolute Gasteiger partial charge is 0.303 e. The highest BCUT2D eigenvalue weighted by atomic mass is 35.5. The number of halogens is 1. The third-order valence-corrected chi connectivity index (χ3v) is 2.66. The second kappa shape index (κ2) is 5.18. The van der Waals surface area contributed by atoms with Crippen molar-refractivity contribution in [2.24, 2.45) is 5.73 Å². The van der Waals surface area contributed by atoms with Crippen molar-refractivity contribution in [3.63, 3.8) is 0 Å². The Morgan fingerprint density at radius 2 is 2.19 bits per heavy atom. The number of rotatable bonds is 4. The first kappa shape index (κ1) is 12.8. The Morgan fingerprint density at radius 3 is 2.69 bits per heavy atom. The minimum Gasteiger partial charge on any atom is -0.506 e. The summed E-state index contributed by atoms with van der Waals surface area (Å²) in [7, 11) is 0. The molecule has 0 fully saturated rings. The van der Waals surface area contributed by atoms with Crippen molar-refractivity contribution in [1.82, 2.24) is 0 Å². The van der Waals surface area contributed by atoms with Gasteiger partial charge < -0.3 is 15.9 Å². The Morgan fingerprint density at radius 1 is 1.56 bits per heavy atom. The number of aliphatic carboxylic acids is 1. The van der Waals surface area contributed by atoms with E-state index in [-0.39, 0.29) is 23.2 Å². The van der Waals surface area contributed by atoms with Crippen LogP contribution in [0, 0.1) is 6.92 Å². The van der Waals surface area contributed by atoms with E-state index in [4.69, 9.17) is 22.4 Å². The van der Waals surface area contributed by atoms with E-state index in [1.807, 2.05) is 0 Å². The number of carboxylic acids is 1. The Kier molecular flexibility index (Phi) is 4.15. The maximum atomic E-state index is 10.4. The lowest BCUT2D eigenvalue weighted by molar-refractivity contribution is -0.137. The summed E-state index contributed by atoms with van der Waals surface area (Å²) < 4.78 is 0. The molecule has 0 heterocycles. The number of carbonyl (C=O) groups is 1. The lowest BCUT2D eigenvalue weighted by atomic mass is 10.0. The molecule has 16 heavy (non-hydrogen) atoms. The molecule has 0 saturated carbocycles. The summed E-state index contributed by atoms with van der Waals surface area (Å²) in [5, 5.41) is 18.2. The van der Waals surface area contributed by atoms with Crippen LogP contribution in [0.5, 0.6) is 5.75 Å². The first-order chi connectivity index (χ1) is 7.41. The molecule has 1 atom stereocenters. The summed E-state index contributed by atoms with van der Waals surface area (Å²) >= 11 is 5.80. The Labute approximate surface area is 98.6 Å². The molecule has 0 aliphatic heterocycles. The highest BCUT2D eigenvalue weighted by Crippen LogP contribution is 2.31. The summed E-state index contributed by atoms with van der Waals surface area (Å²) in [6.07, 6.45) is 0.356. The van der Waals surface area contributed by atoms with E-state index in [0.717, 1.165) is 5.56 Å². The fourth-order valence-corrected chi connectivity index (χ4v) is 1.70. The van der Waals surface area contributed by atoms with Crippen molar-refractivity contribution in [2.75, 3.05) is 0 Å². The number of nitrogens with two attached hydrogens (primary N) is 1. The van der Waals surface area contributed by atoms with Gasteiger partial charge in [-0.05, 0) is 30.5 Å². The van der Waals surface area contributed by atoms with E-state index >= 15 is 0 Å². The number of aromatic hydroxyl groups is 1. The normalized spacial score (nSPS) is 12.4. The summed E-state index contributed by atoms with van der Waals surface area (Å²) in [6.45, 7) is 1.72. The van der Waals surface area contributed by atoms with Crippen LogP contribution in [0.1, 0.15) is 30.0 Å². The molecule has 0 aliphatic rings. The van der Waals surface area contributed by atoms with E-state index in [2.05, 4.69) is 0 Å². The van der Waals surface area contributed by atoms with Crippen LogP contribution in [0.3, 0.4) is 0 Å². The summed E-state index contributed by atoms with van der Waals surface area (Å²) in [6, 6.07) is 2.90. The van der Waals surface area contributed by atoms with Crippen LogP contribution in [0.25, 0.3) is 0 Å². The molecule has 0 radical (unpaired) electrons. The first-order valence-electron chi connectivity index (χ1n) is 4.88. The number of hydrogen-bond acceptors (Lipinski definition) is 3. The Balaban J connectivity index is 2.84. The van der Waals surface area contributed by atoms with Crippen LogP contribution in [-0.2, 0) is 4.79 Å². The summed E-state index contributed by atoms with van der Waals surface area (Å²) in [4.78, 5) is 10.4. The molecule has 1 aromatic rings. The van der Waals surface area contributed by atoms with E-state index in [9.17, 15) is 9.90 Å². The molecule has 1 aromatic carbocycles. The third kappa shape index (κ3) is 3.12. The molecule has 1 unspecified atom stereocenters. The van der Waals surface area contributed by atoms with Gasteiger partial charge in [0.15, 0.2) is 0 Å². The number of benzene rings is 1. The van der Waals surface area contributed by atoms with E-state index in [0.29, 0.717) is 12.0 Å². The maximum Gasteiger partial charge on any atom is 0.303 e. The molecule has 88 valence electrons. The molecule has 0 bridgehead atoms. The predicted octanol–water partition coefficient (Wildman–Crippen LogP) is 2.22. The molecule has 0 spiro atoms. The van der Waals surface area contributed by atoms with Gasteiger partial charge >= 0.3 is 5.97 Å². The Hall–Kier alpha value is -1.26. The maximum absolute atomic E-state index is 10.4. The van der Waals surface area contributed by atoms with Gasteiger partial charge in [-0.15, -0.1) is 0 Å². The summed E-state index contributed by atoms with van der Waals surface area (Å²) in [5.74, 6) is -0.840. The third-order valence-electron chi connectivity index (χ3n) is 2.37. The van der Waals surface area contributed by atoms with Gasteiger partial charge in [0.2, 0.25) is 0 Å². The van der Waals surface area contributed by atoms with Gasteiger partial charge in [-0.25, -0.2) is 0 Å². The average molecular weight is 244 g/mol. The van der Waals surface area contributed by atoms with Crippen molar-refractivity contribution in [1.29, 1.82) is 0 Å². The first-order valence-corrected chi connectivity index (χ1v) is 5.26. The SMILES string of the molecule is Cc1cc(C(N)CCC(=O)O)cc(Cl)c1O. The minimum atomic E-state index is -0.878. The van der Waals surface area contributed by atoms with Crippen LogP contribution >= 0.6 is 11.6 Å². The fourth-order valence-electron chi connectivity index (χ4n) is 1.42. The van der Waals surface area contributed by atoms with E-state index in [1.165, 1.54) is 0 Å². The molecule has 4 nitrogen and oxygen atoms in total. The molecule has 5 heteroatoms. The van der Waals surface area contributed by atoms with Crippen molar-refractivity contribution in [3.8, 4) is 5.75 Å². The molecule has 0 aromatic heterocycles. The molecule has 1 rings (SSSR count). The van der Waals surface area contributed by atoms with Gasteiger partial charge in [0.25, 0.3) is 0 Å². The van der Waals surface area contributed by atoms with Crippen LogP contribution in [0.15, 0.2) is 12.1 Å². The average Bonchev–Trinajstić information content (AvgIpc) is 2.21. The van der Waals surface area contributed by atoms with Crippen LogP contribution in [-0.4, -0.2) is 16.2 Å². The van der Waals surface area contributed by atoms with Crippen molar-refractivity contribution in [3.05, 3.63) is 28.3 Å². The van der Waals surface area contributed by atoms with Gasteiger partial charge in [-0.2, -0.15) is 0 Å². The van der Waals surface area contributed by atoms with Gasteiger partial charge in [0, 0.05) is 12.5 Å². The van der Waals surface area contributed by atoms with E-state index < -0.39 is 5.97 Å². The van der Waals surface area contributed by atoms with Crippen molar-refractivity contribution >= 4 is 17.6 Å². The monoisotopic (exact) mass is 243 g/mol. The van der Waals surface area contributed by atoms with Crippen molar-refractivity contribution < 1.29 is 15.0 Å². The highest BCUT2D eigenvalue weighted by molar-refractivity contribution is 6.32. The summed E-state index contributed by atoms with van der Waals surface area (Å²) in [5.41, 5.74) is 7.20. The zero-order chi connectivity index (χ0) is 12.3. The molecule has 0 amide bonds. The lowest BCUT2D eigenvalue weighted by Crippen LogP contribution is -2.12. The Bertz CT molecular complexity index is 383. The molecule has 0 saturated heterocycles.